The molecule has 2 atom stereocenters. The molecule has 1 aromatic carbocycles. The number of carbonyl (C=O) groups excluding carboxylic acids is 2. The molecule has 1 aromatic heterocycles. The summed E-state index contributed by atoms with van der Waals surface area (Å²) in [6, 6.07) is 10.9. The number of pyridine rings is 1. The number of benzene rings is 1. The summed E-state index contributed by atoms with van der Waals surface area (Å²) in [4.78, 5) is 30.8. The Bertz CT molecular complexity index is 808. The molecule has 0 aliphatic carbocycles. The molecule has 0 bridgehead atoms. The lowest BCUT2D eigenvalue weighted by Gasteiger charge is -2.43. The number of hydrogen-bond acceptors (Lipinski definition) is 5. The van der Waals surface area contributed by atoms with Gasteiger partial charge in [0.05, 0.1) is 32.1 Å². The van der Waals surface area contributed by atoms with E-state index in [9.17, 15) is 9.59 Å². The molecular weight excluding hydrogens is 412 g/mol. The van der Waals surface area contributed by atoms with Gasteiger partial charge in [0.2, 0.25) is 11.8 Å². The average Bonchev–Trinajstić information content (AvgIpc) is 2.68. The Morgan fingerprint density at radius 2 is 2.04 bits per heavy atom. The summed E-state index contributed by atoms with van der Waals surface area (Å²) in [5.74, 6) is -0.0361. The first-order valence-corrected chi connectivity index (χ1v) is 9.54. The van der Waals surface area contributed by atoms with E-state index in [2.05, 4.69) is 20.9 Å². The summed E-state index contributed by atoms with van der Waals surface area (Å²) in [7, 11) is 1.54. The first kappa shape index (κ1) is 19.4. The van der Waals surface area contributed by atoms with E-state index in [4.69, 9.17) is 9.47 Å². The van der Waals surface area contributed by atoms with Crippen LogP contribution in [0.25, 0.3) is 0 Å². The molecule has 2 aromatic rings. The molecule has 1 unspecified atom stereocenters. The van der Waals surface area contributed by atoms with Crippen molar-refractivity contribution in [1.82, 2.24) is 9.88 Å². The van der Waals surface area contributed by atoms with E-state index in [-0.39, 0.29) is 24.2 Å². The van der Waals surface area contributed by atoms with Crippen molar-refractivity contribution in [3.8, 4) is 5.88 Å². The van der Waals surface area contributed by atoms with Crippen LogP contribution >= 0.6 is 15.9 Å². The van der Waals surface area contributed by atoms with E-state index in [1.54, 1.807) is 31.2 Å². The van der Waals surface area contributed by atoms with E-state index in [1.807, 2.05) is 30.3 Å². The lowest BCUT2D eigenvalue weighted by atomic mass is 9.87. The Morgan fingerprint density at radius 3 is 2.59 bits per heavy atom. The van der Waals surface area contributed by atoms with Gasteiger partial charge in [-0.1, -0.05) is 34.1 Å². The van der Waals surface area contributed by atoms with E-state index in [0.29, 0.717) is 19.0 Å². The number of hydrogen-bond donors (Lipinski definition) is 0. The smallest absolute Gasteiger partial charge is 0.308 e. The third-order valence-corrected chi connectivity index (χ3v) is 5.16. The zero-order valence-corrected chi connectivity index (χ0v) is 16.8. The number of aromatic nitrogens is 1. The zero-order chi connectivity index (χ0) is 19.4. The van der Waals surface area contributed by atoms with Crippen molar-refractivity contribution in [2.75, 3.05) is 20.3 Å². The van der Waals surface area contributed by atoms with Crippen LogP contribution in [0.3, 0.4) is 0 Å². The maximum Gasteiger partial charge on any atom is 0.308 e. The second-order valence-electron chi connectivity index (χ2n) is 6.25. The number of rotatable bonds is 7. The Morgan fingerprint density at radius 1 is 1.30 bits per heavy atom. The first-order valence-electron chi connectivity index (χ1n) is 8.75. The van der Waals surface area contributed by atoms with Crippen LogP contribution in [0.15, 0.2) is 47.1 Å². The average molecular weight is 433 g/mol. The number of likely N-dealkylation sites (tertiary alicyclic amines) is 1. The fourth-order valence-corrected chi connectivity index (χ4v) is 3.44. The number of nitrogens with zero attached hydrogens (tertiary/aromatic N) is 2. The van der Waals surface area contributed by atoms with Gasteiger partial charge >= 0.3 is 5.97 Å². The van der Waals surface area contributed by atoms with E-state index in [0.717, 1.165) is 15.6 Å². The van der Waals surface area contributed by atoms with Crippen molar-refractivity contribution in [2.45, 2.75) is 25.3 Å². The van der Waals surface area contributed by atoms with Crippen molar-refractivity contribution >= 4 is 27.8 Å². The maximum absolute atomic E-state index is 12.8. The van der Waals surface area contributed by atoms with Crippen molar-refractivity contribution in [3.05, 3.63) is 58.2 Å². The molecule has 3 rings (SSSR count). The molecule has 6 nitrogen and oxygen atoms in total. The second kappa shape index (κ2) is 8.52. The molecular formula is C20H21BrN2O4. The molecule has 0 spiro atoms. The SMILES string of the molecule is CCOC(=O)C[C@@H](c1ccc(OC)nc1)N1CC(c2ccc(Br)cc2)C1=O. The van der Waals surface area contributed by atoms with Gasteiger partial charge < -0.3 is 14.4 Å². The molecule has 0 saturated carbocycles. The Hall–Kier alpha value is -2.41. The molecule has 7 heteroatoms. The molecule has 2 heterocycles. The van der Waals surface area contributed by atoms with Gasteiger partial charge in [0.1, 0.15) is 0 Å². The lowest BCUT2D eigenvalue weighted by molar-refractivity contribution is -0.151. The Kier molecular flexibility index (Phi) is 6.11. The van der Waals surface area contributed by atoms with Crippen LogP contribution in [0.1, 0.15) is 36.4 Å². The molecule has 27 heavy (non-hydrogen) atoms. The number of esters is 1. The number of methoxy groups -OCH3 is 1. The minimum Gasteiger partial charge on any atom is -0.481 e. The largest absolute Gasteiger partial charge is 0.481 e. The van der Waals surface area contributed by atoms with Crippen molar-refractivity contribution < 1.29 is 19.1 Å². The number of amides is 1. The number of ether oxygens (including phenoxy) is 2. The number of halogens is 1. The minimum absolute atomic E-state index is 0.00226. The van der Waals surface area contributed by atoms with Crippen LogP contribution in [0.4, 0.5) is 0 Å². The van der Waals surface area contributed by atoms with Gasteiger partial charge in [-0.3, -0.25) is 9.59 Å². The molecule has 1 amide bonds. The van der Waals surface area contributed by atoms with Crippen molar-refractivity contribution in [2.24, 2.45) is 0 Å². The predicted octanol–water partition coefficient (Wildman–Crippen LogP) is 3.47. The summed E-state index contributed by atoms with van der Waals surface area (Å²) < 4.78 is 11.1. The normalized spacial score (nSPS) is 17.2. The maximum atomic E-state index is 12.8. The van der Waals surface area contributed by atoms with E-state index >= 15 is 0 Å². The Labute approximate surface area is 166 Å². The van der Waals surface area contributed by atoms with Crippen LogP contribution < -0.4 is 4.74 Å². The molecule has 0 radical (unpaired) electrons. The van der Waals surface area contributed by atoms with E-state index < -0.39 is 6.04 Å². The lowest BCUT2D eigenvalue weighted by Crippen LogP contribution is -2.52. The van der Waals surface area contributed by atoms with Crippen LogP contribution in [0, 0.1) is 0 Å². The molecule has 1 saturated heterocycles. The topological polar surface area (TPSA) is 68.7 Å². The van der Waals surface area contributed by atoms with Gasteiger partial charge in [-0.15, -0.1) is 0 Å². The van der Waals surface area contributed by atoms with Crippen molar-refractivity contribution in [3.63, 3.8) is 0 Å². The summed E-state index contributed by atoms with van der Waals surface area (Å²) >= 11 is 3.40. The second-order valence-corrected chi connectivity index (χ2v) is 7.17. The van der Waals surface area contributed by atoms with Gasteiger partial charge in [0, 0.05) is 23.3 Å². The number of carbonyl (C=O) groups is 2. The highest BCUT2D eigenvalue weighted by molar-refractivity contribution is 9.10. The highest BCUT2D eigenvalue weighted by Crippen LogP contribution is 2.38. The molecule has 142 valence electrons. The van der Waals surface area contributed by atoms with Crippen molar-refractivity contribution in [1.29, 1.82) is 0 Å². The minimum atomic E-state index is -0.401. The summed E-state index contributed by atoms with van der Waals surface area (Å²) in [6.45, 7) is 2.62. The fourth-order valence-electron chi connectivity index (χ4n) is 3.17. The fraction of sp³-hybridized carbons (Fsp3) is 0.350. The van der Waals surface area contributed by atoms with Crippen LogP contribution in [0.2, 0.25) is 0 Å². The Balaban J connectivity index is 1.79. The summed E-state index contributed by atoms with van der Waals surface area (Å²) in [5, 5.41) is 0. The number of β-lactam (4-membered cyclic amide) rings is 1. The van der Waals surface area contributed by atoms with Crippen LogP contribution in [-0.2, 0) is 14.3 Å². The van der Waals surface area contributed by atoms with Gasteiger partial charge in [-0.05, 0) is 30.2 Å². The van der Waals surface area contributed by atoms with Gasteiger partial charge in [-0.2, -0.15) is 0 Å². The third-order valence-electron chi connectivity index (χ3n) is 4.63. The first-order chi connectivity index (χ1) is 13.0. The molecule has 1 fully saturated rings. The van der Waals surface area contributed by atoms with Gasteiger partial charge in [-0.25, -0.2) is 4.98 Å². The highest BCUT2D eigenvalue weighted by Gasteiger charge is 2.43. The monoisotopic (exact) mass is 432 g/mol. The van der Waals surface area contributed by atoms with Crippen LogP contribution in [-0.4, -0.2) is 42.0 Å². The highest BCUT2D eigenvalue weighted by atomic mass is 79.9. The van der Waals surface area contributed by atoms with Gasteiger partial charge in [0.15, 0.2) is 0 Å². The molecule has 1 aliphatic heterocycles. The van der Waals surface area contributed by atoms with Gasteiger partial charge in [0.25, 0.3) is 0 Å². The predicted molar refractivity (Wildman–Crippen MR) is 103 cm³/mol. The summed E-state index contributed by atoms with van der Waals surface area (Å²) in [6.07, 6.45) is 1.74. The quantitative estimate of drug-likeness (QED) is 0.494. The molecule has 0 N–H and O–H groups in total. The standard InChI is InChI=1S/C20H21BrN2O4/c1-3-27-19(24)10-17(14-6-9-18(26-2)22-11-14)23-12-16(20(23)25)13-4-7-15(21)8-5-13/h4-9,11,16-17H,3,10,12H2,1-2H3/t16?,17-/m0/s1. The molecule has 1 aliphatic rings. The third kappa shape index (κ3) is 4.30. The van der Waals surface area contributed by atoms with E-state index in [1.165, 1.54) is 0 Å². The summed E-state index contributed by atoms with van der Waals surface area (Å²) in [5.41, 5.74) is 1.76. The zero-order valence-electron chi connectivity index (χ0n) is 15.2. The van der Waals surface area contributed by atoms with Crippen LogP contribution in [0.5, 0.6) is 5.88 Å².